The zero-order valence-corrected chi connectivity index (χ0v) is 15.4. The van der Waals surface area contributed by atoms with Crippen LogP contribution in [0.2, 0.25) is 0 Å². The van der Waals surface area contributed by atoms with Crippen molar-refractivity contribution >= 4 is 11.9 Å². The number of nitrogens with zero attached hydrogens (tertiary/aromatic N) is 6. The summed E-state index contributed by atoms with van der Waals surface area (Å²) in [5.41, 5.74) is 7.26. The molecule has 8 heteroatoms. The Morgan fingerprint density at radius 3 is 2.59 bits per heavy atom. The molecule has 0 spiro atoms. The van der Waals surface area contributed by atoms with E-state index in [-0.39, 0.29) is 0 Å². The molecule has 1 saturated carbocycles. The lowest BCUT2D eigenvalue weighted by atomic mass is 9.96. The molecule has 1 aliphatic carbocycles. The predicted molar refractivity (Wildman–Crippen MR) is 104 cm³/mol. The molecule has 2 N–H and O–H groups in total. The van der Waals surface area contributed by atoms with Crippen LogP contribution in [0.4, 0.5) is 5.95 Å². The molecule has 27 heavy (non-hydrogen) atoms. The van der Waals surface area contributed by atoms with Gasteiger partial charge in [0.05, 0.1) is 6.54 Å². The highest BCUT2D eigenvalue weighted by atomic mass is 16.5. The summed E-state index contributed by atoms with van der Waals surface area (Å²) >= 11 is 0. The number of aromatic nitrogens is 3. The van der Waals surface area contributed by atoms with E-state index >= 15 is 0 Å². The molecule has 0 atom stereocenters. The SMILES string of the molecule is NC(=NCc1ccnc(OC2CCC2)c1)N1CCN(c2ncccn2)CC1. The van der Waals surface area contributed by atoms with E-state index in [1.54, 1.807) is 18.6 Å². The van der Waals surface area contributed by atoms with Crippen LogP contribution in [0.1, 0.15) is 24.8 Å². The lowest BCUT2D eigenvalue weighted by molar-refractivity contribution is 0.114. The Balaban J connectivity index is 1.30. The first-order valence-corrected chi connectivity index (χ1v) is 9.46. The van der Waals surface area contributed by atoms with Crippen LogP contribution in [0, 0.1) is 0 Å². The molecule has 3 heterocycles. The maximum atomic E-state index is 6.21. The van der Waals surface area contributed by atoms with Gasteiger partial charge in [0, 0.05) is 50.8 Å². The van der Waals surface area contributed by atoms with Crippen LogP contribution < -0.4 is 15.4 Å². The van der Waals surface area contributed by atoms with Gasteiger partial charge in [0.25, 0.3) is 0 Å². The fourth-order valence-corrected chi connectivity index (χ4v) is 3.14. The number of nitrogens with two attached hydrogens (primary N) is 1. The summed E-state index contributed by atoms with van der Waals surface area (Å²) in [6.07, 6.45) is 9.12. The zero-order valence-electron chi connectivity index (χ0n) is 15.4. The van der Waals surface area contributed by atoms with E-state index in [0.717, 1.165) is 50.5 Å². The average Bonchev–Trinajstić information content (AvgIpc) is 2.70. The summed E-state index contributed by atoms with van der Waals surface area (Å²) in [7, 11) is 0. The molecule has 142 valence electrons. The number of anilines is 1. The third-order valence-corrected chi connectivity index (χ3v) is 5.00. The van der Waals surface area contributed by atoms with E-state index in [2.05, 4.69) is 29.7 Å². The number of rotatable bonds is 5. The highest BCUT2D eigenvalue weighted by Gasteiger charge is 2.21. The molecule has 2 aromatic heterocycles. The van der Waals surface area contributed by atoms with E-state index in [9.17, 15) is 0 Å². The molecule has 1 aliphatic heterocycles. The van der Waals surface area contributed by atoms with Gasteiger partial charge < -0.3 is 20.3 Å². The highest BCUT2D eigenvalue weighted by Crippen LogP contribution is 2.24. The molecule has 8 nitrogen and oxygen atoms in total. The van der Waals surface area contributed by atoms with Gasteiger partial charge in [-0.3, -0.25) is 0 Å². The van der Waals surface area contributed by atoms with Crippen LogP contribution >= 0.6 is 0 Å². The molecule has 2 aliphatic rings. The Hall–Kier alpha value is -2.90. The van der Waals surface area contributed by atoms with Gasteiger partial charge in [-0.15, -0.1) is 0 Å². The Bertz CT molecular complexity index is 771. The van der Waals surface area contributed by atoms with Crippen molar-refractivity contribution in [1.82, 2.24) is 19.9 Å². The van der Waals surface area contributed by atoms with Gasteiger partial charge in [-0.2, -0.15) is 0 Å². The van der Waals surface area contributed by atoms with E-state index in [1.165, 1.54) is 6.42 Å². The Morgan fingerprint density at radius 2 is 1.89 bits per heavy atom. The van der Waals surface area contributed by atoms with Crippen LogP contribution in [0.3, 0.4) is 0 Å². The van der Waals surface area contributed by atoms with Crippen molar-refractivity contribution in [2.45, 2.75) is 31.9 Å². The van der Waals surface area contributed by atoms with Crippen molar-refractivity contribution in [1.29, 1.82) is 0 Å². The summed E-state index contributed by atoms with van der Waals surface area (Å²) in [4.78, 5) is 21.7. The first kappa shape index (κ1) is 17.5. The van der Waals surface area contributed by atoms with Gasteiger partial charge in [0.2, 0.25) is 11.8 Å². The number of hydrogen-bond acceptors (Lipinski definition) is 6. The lowest BCUT2D eigenvalue weighted by Crippen LogP contribution is -2.51. The first-order chi connectivity index (χ1) is 13.3. The smallest absolute Gasteiger partial charge is 0.225 e. The number of aliphatic imine (C=N–C) groups is 1. The molecule has 4 rings (SSSR count). The normalized spacial score (nSPS) is 18.3. The lowest BCUT2D eigenvalue weighted by Gasteiger charge is -2.35. The van der Waals surface area contributed by atoms with Gasteiger partial charge in [-0.05, 0) is 37.0 Å². The second-order valence-corrected chi connectivity index (χ2v) is 6.87. The van der Waals surface area contributed by atoms with Gasteiger partial charge >= 0.3 is 0 Å². The van der Waals surface area contributed by atoms with Gasteiger partial charge in [-0.1, -0.05) is 0 Å². The third-order valence-electron chi connectivity index (χ3n) is 5.00. The molecule has 0 radical (unpaired) electrons. The maximum absolute atomic E-state index is 6.21. The van der Waals surface area contributed by atoms with Gasteiger partial charge in [0.15, 0.2) is 5.96 Å². The van der Waals surface area contributed by atoms with Crippen molar-refractivity contribution in [2.75, 3.05) is 31.1 Å². The monoisotopic (exact) mass is 367 g/mol. The number of guanidine groups is 1. The predicted octanol–water partition coefficient (Wildman–Crippen LogP) is 1.44. The molecule has 0 bridgehead atoms. The zero-order chi connectivity index (χ0) is 18.5. The minimum absolute atomic E-state index is 0.325. The topological polar surface area (TPSA) is 92.8 Å². The largest absolute Gasteiger partial charge is 0.474 e. The van der Waals surface area contributed by atoms with Crippen molar-refractivity contribution < 1.29 is 4.74 Å². The second kappa shape index (κ2) is 8.20. The first-order valence-electron chi connectivity index (χ1n) is 9.46. The standard InChI is InChI=1S/C19H25N7O/c20-18(25-9-11-26(12-10-25)19-22-6-2-7-23-19)24-14-15-5-8-21-17(13-15)27-16-3-1-4-16/h2,5-8,13,16H,1,3-4,9-12,14H2,(H2,20,24). The summed E-state index contributed by atoms with van der Waals surface area (Å²) in [5, 5.41) is 0. The van der Waals surface area contributed by atoms with Crippen LogP contribution in [0.15, 0.2) is 41.8 Å². The van der Waals surface area contributed by atoms with Crippen molar-refractivity contribution in [2.24, 2.45) is 10.7 Å². The molecule has 0 amide bonds. The van der Waals surface area contributed by atoms with E-state index in [1.807, 2.05) is 18.2 Å². The van der Waals surface area contributed by atoms with Crippen LogP contribution in [0.25, 0.3) is 0 Å². The minimum Gasteiger partial charge on any atom is -0.474 e. The highest BCUT2D eigenvalue weighted by molar-refractivity contribution is 5.78. The molecule has 0 unspecified atom stereocenters. The average molecular weight is 367 g/mol. The molecule has 1 saturated heterocycles. The van der Waals surface area contributed by atoms with Crippen LogP contribution in [-0.4, -0.2) is 58.1 Å². The van der Waals surface area contributed by atoms with Crippen molar-refractivity contribution in [3.63, 3.8) is 0 Å². The Kier molecular flexibility index (Phi) is 5.32. The van der Waals surface area contributed by atoms with Crippen molar-refractivity contribution in [3.05, 3.63) is 42.4 Å². The summed E-state index contributed by atoms with van der Waals surface area (Å²) in [5.74, 6) is 2.02. The Morgan fingerprint density at radius 1 is 1.11 bits per heavy atom. The molecule has 2 fully saturated rings. The number of ether oxygens (including phenoxy) is 1. The second-order valence-electron chi connectivity index (χ2n) is 6.87. The fourth-order valence-electron chi connectivity index (χ4n) is 3.14. The minimum atomic E-state index is 0.325. The van der Waals surface area contributed by atoms with Crippen LogP contribution in [-0.2, 0) is 6.54 Å². The van der Waals surface area contributed by atoms with Crippen molar-refractivity contribution in [3.8, 4) is 5.88 Å². The van der Waals surface area contributed by atoms with Gasteiger partial charge in [0.1, 0.15) is 6.10 Å². The Labute approximate surface area is 159 Å². The van der Waals surface area contributed by atoms with Gasteiger partial charge in [-0.25, -0.2) is 19.9 Å². The number of piperazine rings is 1. The molecule has 0 aromatic carbocycles. The van der Waals surface area contributed by atoms with E-state index in [0.29, 0.717) is 24.5 Å². The summed E-state index contributed by atoms with van der Waals surface area (Å²) in [6.45, 7) is 3.79. The summed E-state index contributed by atoms with van der Waals surface area (Å²) < 4.78 is 5.85. The van der Waals surface area contributed by atoms with Crippen LogP contribution in [0.5, 0.6) is 5.88 Å². The summed E-state index contributed by atoms with van der Waals surface area (Å²) in [6, 6.07) is 5.74. The molecular formula is C19H25N7O. The maximum Gasteiger partial charge on any atom is 0.225 e. The number of pyridine rings is 1. The molecular weight excluding hydrogens is 342 g/mol. The fraction of sp³-hybridized carbons (Fsp3) is 0.474. The van der Waals surface area contributed by atoms with E-state index < -0.39 is 0 Å². The quantitative estimate of drug-likeness (QED) is 0.631. The van der Waals surface area contributed by atoms with E-state index in [4.69, 9.17) is 10.5 Å². The molecule has 2 aromatic rings. The number of hydrogen-bond donors (Lipinski definition) is 1. The third kappa shape index (κ3) is 4.45.